The van der Waals surface area contributed by atoms with Gasteiger partial charge in [0.05, 0.1) is 18.6 Å². The molecule has 1 spiro atoms. The van der Waals surface area contributed by atoms with Gasteiger partial charge in [-0.25, -0.2) is 0 Å². The minimum absolute atomic E-state index is 0.272. The number of rotatable bonds is 2. The zero-order valence-corrected chi connectivity index (χ0v) is 13.2. The molecule has 2 aliphatic carbocycles. The molecule has 0 heterocycles. The first-order valence-electron chi connectivity index (χ1n) is 8.20. The standard InChI is InChI=1S/C19H25NO/c1-15-7-8-16(11-17(15)21-2)19(14-20)12-18(13-19)9-5-3-4-6-10-18/h7-8,11H,3-6,9-10,12-13H2,1-2H3. The Kier molecular flexibility index (Phi) is 3.69. The van der Waals surface area contributed by atoms with Crippen molar-refractivity contribution in [3.05, 3.63) is 29.3 Å². The molecule has 2 saturated carbocycles. The molecule has 2 fully saturated rings. The summed E-state index contributed by atoms with van der Waals surface area (Å²) >= 11 is 0. The summed E-state index contributed by atoms with van der Waals surface area (Å²) in [5.74, 6) is 0.906. The second-order valence-corrected chi connectivity index (χ2v) is 7.15. The summed E-state index contributed by atoms with van der Waals surface area (Å²) in [7, 11) is 1.71. The molecule has 0 N–H and O–H groups in total. The number of nitrogens with zero attached hydrogens (tertiary/aromatic N) is 1. The summed E-state index contributed by atoms with van der Waals surface area (Å²) < 4.78 is 5.44. The third-order valence-electron chi connectivity index (χ3n) is 5.69. The summed E-state index contributed by atoms with van der Waals surface area (Å²) in [6, 6.07) is 8.94. The maximum absolute atomic E-state index is 9.82. The van der Waals surface area contributed by atoms with Gasteiger partial charge in [-0.05, 0) is 55.2 Å². The second-order valence-electron chi connectivity index (χ2n) is 7.15. The Balaban J connectivity index is 1.85. The molecule has 112 valence electrons. The number of aryl methyl sites for hydroxylation is 1. The zero-order chi connectivity index (χ0) is 14.9. The number of hydrogen-bond donors (Lipinski definition) is 0. The van der Waals surface area contributed by atoms with E-state index in [9.17, 15) is 5.26 Å². The molecule has 0 unspecified atom stereocenters. The van der Waals surface area contributed by atoms with Crippen LogP contribution in [0.1, 0.15) is 62.5 Å². The number of methoxy groups -OCH3 is 1. The first-order valence-corrected chi connectivity index (χ1v) is 8.20. The van der Waals surface area contributed by atoms with Gasteiger partial charge in [0.1, 0.15) is 5.75 Å². The van der Waals surface area contributed by atoms with Crippen molar-refractivity contribution >= 4 is 0 Å². The van der Waals surface area contributed by atoms with Gasteiger partial charge in [0.25, 0.3) is 0 Å². The molecule has 3 rings (SSSR count). The van der Waals surface area contributed by atoms with E-state index in [0.717, 1.165) is 29.7 Å². The minimum atomic E-state index is -0.272. The van der Waals surface area contributed by atoms with Crippen LogP contribution in [-0.2, 0) is 5.41 Å². The van der Waals surface area contributed by atoms with Crippen LogP contribution in [0.4, 0.5) is 0 Å². The Morgan fingerprint density at radius 1 is 1.10 bits per heavy atom. The highest BCUT2D eigenvalue weighted by molar-refractivity contribution is 5.45. The summed E-state index contributed by atoms with van der Waals surface area (Å²) in [6.07, 6.45) is 10.2. The van der Waals surface area contributed by atoms with Gasteiger partial charge in [0.2, 0.25) is 0 Å². The molecule has 0 bridgehead atoms. The molecule has 1 aromatic carbocycles. The van der Waals surface area contributed by atoms with Crippen LogP contribution in [-0.4, -0.2) is 7.11 Å². The fraction of sp³-hybridized carbons (Fsp3) is 0.632. The lowest BCUT2D eigenvalue weighted by Gasteiger charge is -2.53. The number of benzene rings is 1. The largest absolute Gasteiger partial charge is 0.496 e. The van der Waals surface area contributed by atoms with Gasteiger partial charge in [-0.15, -0.1) is 0 Å². The predicted molar refractivity (Wildman–Crippen MR) is 84.4 cm³/mol. The molecule has 2 nitrogen and oxygen atoms in total. The molecular weight excluding hydrogens is 258 g/mol. The lowest BCUT2D eigenvalue weighted by Crippen LogP contribution is -2.48. The molecule has 0 radical (unpaired) electrons. The van der Waals surface area contributed by atoms with Crippen molar-refractivity contribution in [3.63, 3.8) is 0 Å². The minimum Gasteiger partial charge on any atom is -0.496 e. The van der Waals surface area contributed by atoms with Gasteiger partial charge in [-0.1, -0.05) is 37.8 Å². The third kappa shape index (κ3) is 2.44. The van der Waals surface area contributed by atoms with Crippen LogP contribution in [0.15, 0.2) is 18.2 Å². The van der Waals surface area contributed by atoms with Crippen LogP contribution in [0.25, 0.3) is 0 Å². The maximum atomic E-state index is 9.82. The highest BCUT2D eigenvalue weighted by Gasteiger charge is 2.55. The van der Waals surface area contributed by atoms with Gasteiger partial charge in [-0.3, -0.25) is 0 Å². The van der Waals surface area contributed by atoms with E-state index in [4.69, 9.17) is 4.74 Å². The number of nitriles is 1. The van der Waals surface area contributed by atoms with Gasteiger partial charge in [-0.2, -0.15) is 5.26 Å². The Morgan fingerprint density at radius 2 is 1.76 bits per heavy atom. The van der Waals surface area contributed by atoms with Crippen molar-refractivity contribution in [2.24, 2.45) is 5.41 Å². The van der Waals surface area contributed by atoms with E-state index >= 15 is 0 Å². The summed E-state index contributed by atoms with van der Waals surface area (Å²) in [4.78, 5) is 0. The molecule has 1 aromatic rings. The molecule has 0 aromatic heterocycles. The molecule has 21 heavy (non-hydrogen) atoms. The highest BCUT2D eigenvalue weighted by atomic mass is 16.5. The van der Waals surface area contributed by atoms with E-state index in [1.807, 2.05) is 0 Å². The Labute approximate surface area is 128 Å². The second kappa shape index (κ2) is 5.37. The van der Waals surface area contributed by atoms with E-state index in [1.165, 1.54) is 38.5 Å². The van der Waals surface area contributed by atoms with Crippen LogP contribution in [0, 0.1) is 23.7 Å². The monoisotopic (exact) mass is 283 g/mol. The molecule has 2 heteroatoms. The average molecular weight is 283 g/mol. The quantitative estimate of drug-likeness (QED) is 0.773. The molecule has 0 atom stereocenters. The fourth-order valence-corrected chi connectivity index (χ4v) is 4.53. The zero-order valence-electron chi connectivity index (χ0n) is 13.2. The van der Waals surface area contributed by atoms with E-state index in [2.05, 4.69) is 31.2 Å². The van der Waals surface area contributed by atoms with E-state index in [-0.39, 0.29) is 5.41 Å². The van der Waals surface area contributed by atoms with Crippen molar-refractivity contribution < 1.29 is 4.74 Å². The lowest BCUT2D eigenvalue weighted by atomic mass is 9.48. The number of hydrogen-bond acceptors (Lipinski definition) is 2. The number of ether oxygens (including phenoxy) is 1. The first-order chi connectivity index (χ1) is 10.1. The van der Waals surface area contributed by atoms with E-state index in [0.29, 0.717) is 5.41 Å². The predicted octanol–water partition coefficient (Wildman–Crippen LogP) is 4.90. The third-order valence-corrected chi connectivity index (χ3v) is 5.69. The van der Waals surface area contributed by atoms with Crippen molar-refractivity contribution in [2.75, 3.05) is 7.11 Å². The molecule has 0 saturated heterocycles. The van der Waals surface area contributed by atoms with Crippen molar-refractivity contribution in [3.8, 4) is 11.8 Å². The topological polar surface area (TPSA) is 33.0 Å². The van der Waals surface area contributed by atoms with Crippen LogP contribution < -0.4 is 4.74 Å². The van der Waals surface area contributed by atoms with Crippen LogP contribution >= 0.6 is 0 Å². The van der Waals surface area contributed by atoms with Crippen molar-refractivity contribution in [1.82, 2.24) is 0 Å². The Morgan fingerprint density at radius 3 is 2.33 bits per heavy atom. The summed E-state index contributed by atoms with van der Waals surface area (Å²) in [5.41, 5.74) is 2.47. The van der Waals surface area contributed by atoms with Crippen LogP contribution in [0.3, 0.4) is 0 Å². The van der Waals surface area contributed by atoms with Gasteiger partial charge in [0, 0.05) is 0 Å². The molecular formula is C19H25NO. The van der Waals surface area contributed by atoms with E-state index in [1.54, 1.807) is 7.11 Å². The SMILES string of the molecule is COc1cc(C2(C#N)CC3(CCCCCC3)C2)ccc1C. The molecule has 0 aliphatic heterocycles. The molecule has 2 aliphatic rings. The summed E-state index contributed by atoms with van der Waals surface area (Å²) in [5, 5.41) is 9.82. The van der Waals surface area contributed by atoms with Gasteiger partial charge >= 0.3 is 0 Å². The van der Waals surface area contributed by atoms with E-state index < -0.39 is 0 Å². The van der Waals surface area contributed by atoms with Gasteiger partial charge < -0.3 is 4.74 Å². The maximum Gasteiger partial charge on any atom is 0.122 e. The van der Waals surface area contributed by atoms with Crippen LogP contribution in [0.2, 0.25) is 0 Å². The molecule has 0 amide bonds. The first kappa shape index (κ1) is 14.4. The normalized spacial score (nSPS) is 22.9. The van der Waals surface area contributed by atoms with Crippen molar-refractivity contribution in [1.29, 1.82) is 5.26 Å². The van der Waals surface area contributed by atoms with Crippen LogP contribution in [0.5, 0.6) is 5.75 Å². The lowest BCUT2D eigenvalue weighted by molar-refractivity contribution is 0.0397. The van der Waals surface area contributed by atoms with Gasteiger partial charge in [0.15, 0.2) is 0 Å². The Hall–Kier alpha value is -1.49. The van der Waals surface area contributed by atoms with Crippen molar-refractivity contribution in [2.45, 2.75) is 63.7 Å². The summed E-state index contributed by atoms with van der Waals surface area (Å²) in [6.45, 7) is 2.05. The Bertz CT molecular complexity index is 553. The average Bonchev–Trinajstić information content (AvgIpc) is 2.71. The fourth-order valence-electron chi connectivity index (χ4n) is 4.53. The smallest absolute Gasteiger partial charge is 0.122 e. The highest BCUT2D eigenvalue weighted by Crippen LogP contribution is 2.61.